The molecule has 1 unspecified atom stereocenters. The van der Waals surface area contributed by atoms with E-state index in [1.54, 1.807) is 14.2 Å². The van der Waals surface area contributed by atoms with Crippen LogP contribution in [0.15, 0.2) is 12.2 Å². The Kier molecular flexibility index (Phi) is 14.3. The Morgan fingerprint density at radius 2 is 1.78 bits per heavy atom. The van der Waals surface area contributed by atoms with Gasteiger partial charge in [0.25, 0.3) is 5.91 Å². The zero-order valence-electron chi connectivity index (χ0n) is 28.6. The van der Waals surface area contributed by atoms with E-state index >= 15 is 0 Å². The Labute approximate surface area is 268 Å². The topological polar surface area (TPSA) is 140 Å². The molecule has 3 heterocycles. The predicted octanol–water partition coefficient (Wildman–Crippen LogP) is 3.48. The lowest BCUT2D eigenvalue weighted by molar-refractivity contribution is -0.334. The van der Waals surface area contributed by atoms with Gasteiger partial charge in [-0.3, -0.25) is 4.79 Å². The predicted molar refractivity (Wildman–Crippen MR) is 165 cm³/mol. The van der Waals surface area contributed by atoms with Crippen molar-refractivity contribution in [1.82, 2.24) is 5.32 Å². The van der Waals surface area contributed by atoms with Crippen LogP contribution in [0.3, 0.4) is 0 Å². The molecule has 12 nitrogen and oxygen atoms in total. The summed E-state index contributed by atoms with van der Waals surface area (Å²) in [7, 11) is 6.16. The Morgan fingerprint density at radius 1 is 1.04 bits per heavy atom. The molecule has 0 radical (unpaired) electrons. The molecular formula is C33H57NO11. The Morgan fingerprint density at radius 3 is 2.40 bits per heavy atom. The molecule has 3 fully saturated rings. The summed E-state index contributed by atoms with van der Waals surface area (Å²) in [6, 6.07) is 0. The molecule has 0 saturated carbocycles. The number of fused-ring (bicyclic) bond motifs is 1. The number of carbonyl (C=O) groups excluding carboxylic acids is 2. The third-order valence-electron chi connectivity index (χ3n) is 10.2. The van der Waals surface area contributed by atoms with Crippen LogP contribution < -0.4 is 5.32 Å². The summed E-state index contributed by atoms with van der Waals surface area (Å²) in [5.41, 5.74) is -0.449. The first-order valence-electron chi connectivity index (χ1n) is 16.2. The summed E-state index contributed by atoms with van der Waals surface area (Å²) < 4.78 is 46.8. The Hall–Kier alpha value is -1.64. The van der Waals surface area contributed by atoms with Crippen LogP contribution in [0.2, 0.25) is 0 Å². The SMILES string of the molecule is COC(=O)/C=C/CCCCC[C@H](C[C@H]1O[C@H]2[C@H](OCO[C@H]2NC(=O)[C@@H](O)[C@@]2(OC)CC(C)[C@@H](C)[C@@H](C)O2)[C@@H](OC)C1(C)C)OC. The number of ether oxygens (including phenoxy) is 8. The highest BCUT2D eigenvalue weighted by Gasteiger charge is 2.57. The lowest BCUT2D eigenvalue weighted by atomic mass is 9.72. The fraction of sp³-hybridized carbons (Fsp3) is 0.879. The van der Waals surface area contributed by atoms with Gasteiger partial charge in [-0.2, -0.15) is 0 Å². The largest absolute Gasteiger partial charge is 0.466 e. The number of hydrogen-bond acceptors (Lipinski definition) is 11. The van der Waals surface area contributed by atoms with Gasteiger partial charge in [0.05, 0.1) is 31.5 Å². The minimum Gasteiger partial charge on any atom is -0.466 e. The van der Waals surface area contributed by atoms with Crippen molar-refractivity contribution in [1.29, 1.82) is 0 Å². The van der Waals surface area contributed by atoms with Crippen LogP contribution in [0.4, 0.5) is 0 Å². The fourth-order valence-corrected chi connectivity index (χ4v) is 6.89. The number of carbonyl (C=O) groups is 2. The van der Waals surface area contributed by atoms with E-state index in [1.807, 2.05) is 13.0 Å². The standard InChI is InChI=1S/C33H57NO11/c1-20-18-33(41-9,45-22(3)21(20)2)28(36)30(37)34-31-27-26(42-19-43-31)29(40-8)32(4,5)24(44-27)17-23(38-6)15-13-11-10-12-14-16-25(35)39-7/h14,16,20-24,26-29,31,36H,10-13,15,17-19H2,1-9H3,(H,34,37)/b16-14+/t20?,21-,22-,23-,24-,26+,27+,28-,29-,31-,33-/m1/s1. The molecule has 11 atom stereocenters. The molecule has 260 valence electrons. The van der Waals surface area contributed by atoms with Gasteiger partial charge in [-0.05, 0) is 38.0 Å². The molecule has 0 aromatic rings. The highest BCUT2D eigenvalue weighted by Crippen LogP contribution is 2.44. The second-order valence-corrected chi connectivity index (χ2v) is 13.4. The van der Waals surface area contributed by atoms with Crippen LogP contribution in [0, 0.1) is 17.3 Å². The van der Waals surface area contributed by atoms with Gasteiger partial charge in [-0.15, -0.1) is 0 Å². The third-order valence-corrected chi connectivity index (χ3v) is 10.2. The van der Waals surface area contributed by atoms with Crippen LogP contribution in [0.5, 0.6) is 0 Å². The average molecular weight is 644 g/mol. The summed E-state index contributed by atoms with van der Waals surface area (Å²) in [6.45, 7) is 10.2. The third kappa shape index (κ3) is 9.04. The molecule has 3 aliphatic heterocycles. The van der Waals surface area contributed by atoms with Crippen LogP contribution in [-0.2, 0) is 47.5 Å². The highest BCUT2D eigenvalue weighted by atomic mass is 16.7. The number of esters is 1. The zero-order valence-corrected chi connectivity index (χ0v) is 28.6. The van der Waals surface area contributed by atoms with E-state index in [-0.39, 0.29) is 49.0 Å². The van der Waals surface area contributed by atoms with Crippen molar-refractivity contribution < 1.29 is 52.6 Å². The maximum Gasteiger partial charge on any atom is 0.330 e. The molecular weight excluding hydrogens is 586 g/mol. The number of amides is 1. The molecule has 45 heavy (non-hydrogen) atoms. The molecule has 3 saturated heterocycles. The number of aliphatic hydroxyl groups excluding tert-OH is 1. The van der Waals surface area contributed by atoms with E-state index in [9.17, 15) is 14.7 Å². The smallest absolute Gasteiger partial charge is 0.330 e. The van der Waals surface area contributed by atoms with Gasteiger partial charge < -0.3 is 48.3 Å². The van der Waals surface area contributed by atoms with Crippen molar-refractivity contribution in [3.05, 3.63) is 12.2 Å². The molecule has 3 aliphatic rings. The second kappa shape index (κ2) is 17.0. The number of methoxy groups -OCH3 is 4. The van der Waals surface area contributed by atoms with Crippen LogP contribution in [0.1, 0.15) is 79.6 Å². The Balaban J connectivity index is 1.67. The van der Waals surface area contributed by atoms with Crippen LogP contribution in [-0.4, -0.2) is 107 Å². The van der Waals surface area contributed by atoms with Crippen molar-refractivity contribution in [2.75, 3.05) is 35.2 Å². The molecule has 0 aliphatic carbocycles. The van der Waals surface area contributed by atoms with Gasteiger partial charge >= 0.3 is 5.97 Å². The first-order valence-corrected chi connectivity index (χ1v) is 16.2. The normalized spacial score (nSPS) is 36.2. The lowest BCUT2D eigenvalue weighted by Crippen LogP contribution is -2.69. The van der Waals surface area contributed by atoms with Crippen molar-refractivity contribution in [2.24, 2.45) is 17.3 Å². The van der Waals surface area contributed by atoms with Gasteiger partial charge in [0.15, 0.2) is 12.3 Å². The number of rotatable bonds is 15. The molecule has 0 bridgehead atoms. The number of hydrogen-bond donors (Lipinski definition) is 2. The number of allylic oxidation sites excluding steroid dienone is 1. The van der Waals surface area contributed by atoms with Gasteiger partial charge in [0, 0.05) is 45.7 Å². The van der Waals surface area contributed by atoms with E-state index in [4.69, 9.17) is 33.2 Å². The van der Waals surface area contributed by atoms with Crippen molar-refractivity contribution >= 4 is 11.9 Å². The molecule has 0 aromatic heterocycles. The van der Waals surface area contributed by atoms with E-state index in [1.165, 1.54) is 20.3 Å². The molecule has 0 aromatic carbocycles. The molecule has 12 heteroatoms. The quantitative estimate of drug-likeness (QED) is 0.154. The maximum absolute atomic E-state index is 13.5. The summed E-state index contributed by atoms with van der Waals surface area (Å²) in [4.78, 5) is 24.7. The highest BCUT2D eigenvalue weighted by molar-refractivity contribution is 5.82. The van der Waals surface area contributed by atoms with Gasteiger partial charge in [-0.1, -0.05) is 46.6 Å². The average Bonchev–Trinajstić information content (AvgIpc) is 3.01. The first kappa shape index (κ1) is 37.8. The molecule has 2 N–H and O–H groups in total. The van der Waals surface area contributed by atoms with E-state index in [2.05, 4.69) is 37.7 Å². The first-order chi connectivity index (χ1) is 21.3. The fourth-order valence-electron chi connectivity index (χ4n) is 6.89. The molecule has 1 amide bonds. The van der Waals surface area contributed by atoms with E-state index < -0.39 is 41.6 Å². The van der Waals surface area contributed by atoms with E-state index in [0.29, 0.717) is 12.8 Å². The minimum absolute atomic E-state index is 0.0642. The molecule has 0 spiro atoms. The number of aliphatic hydroxyl groups is 1. The second-order valence-electron chi connectivity index (χ2n) is 13.4. The zero-order chi connectivity index (χ0) is 33.4. The van der Waals surface area contributed by atoms with Crippen LogP contribution >= 0.6 is 0 Å². The Bertz CT molecular complexity index is 962. The van der Waals surface area contributed by atoms with Crippen molar-refractivity contribution in [3.8, 4) is 0 Å². The van der Waals surface area contributed by atoms with Crippen molar-refractivity contribution in [3.63, 3.8) is 0 Å². The summed E-state index contributed by atoms with van der Waals surface area (Å²) >= 11 is 0. The van der Waals surface area contributed by atoms with Crippen molar-refractivity contribution in [2.45, 2.75) is 134 Å². The van der Waals surface area contributed by atoms with E-state index in [0.717, 1.165) is 32.1 Å². The number of nitrogens with one attached hydrogen (secondary N) is 1. The van der Waals surface area contributed by atoms with Gasteiger partial charge in [-0.25, -0.2) is 4.79 Å². The summed E-state index contributed by atoms with van der Waals surface area (Å²) in [6.07, 6.45) is 4.19. The maximum atomic E-state index is 13.5. The van der Waals surface area contributed by atoms with Gasteiger partial charge in [0.2, 0.25) is 5.79 Å². The number of unbranched alkanes of at least 4 members (excludes halogenated alkanes) is 3. The molecule has 3 rings (SSSR count). The summed E-state index contributed by atoms with van der Waals surface area (Å²) in [5.74, 6) is -2.08. The summed E-state index contributed by atoms with van der Waals surface area (Å²) in [5, 5.41) is 14.1. The van der Waals surface area contributed by atoms with Gasteiger partial charge in [0.1, 0.15) is 19.0 Å². The monoisotopic (exact) mass is 643 g/mol. The van der Waals surface area contributed by atoms with Crippen LogP contribution in [0.25, 0.3) is 0 Å². The minimum atomic E-state index is -1.59. The lowest BCUT2D eigenvalue weighted by Gasteiger charge is -2.54.